The molecule has 0 spiro atoms. The van der Waals surface area contributed by atoms with Crippen molar-refractivity contribution in [3.63, 3.8) is 0 Å². The van der Waals surface area contributed by atoms with Gasteiger partial charge in [-0.1, -0.05) is 97.1 Å². The van der Waals surface area contributed by atoms with E-state index in [0.717, 1.165) is 73.3 Å². The molecular formula is C54H41N3O2. The Bertz CT molecular complexity index is 2670. The largest absolute Gasteiger partial charge is 0.497 e. The number of nitrogens with zero attached hydrogens (tertiary/aromatic N) is 3. The Hall–Kier alpha value is -7.76. The summed E-state index contributed by atoms with van der Waals surface area (Å²) < 4.78 is 10.8. The number of rotatable bonds is 11. The van der Waals surface area contributed by atoms with Crippen LogP contribution < -0.4 is 14.4 Å². The van der Waals surface area contributed by atoms with E-state index in [1.54, 1.807) is 14.2 Å². The molecule has 0 fully saturated rings. The van der Waals surface area contributed by atoms with Crippen molar-refractivity contribution in [2.24, 2.45) is 0 Å². The first-order valence-electron chi connectivity index (χ1n) is 19.6. The standard InChI is InChI=1S/C54H41N3O2/c1-58-51-29-25-49(26-30-51)57(50-27-31-52(59-2)32-28-50)48-23-21-43(22-24-48)42-15-13-39(14-16-42)38-9-11-40(12-10-38)41-17-19-44(20-18-41)45-35-46(53-7-3-5-33-55-53)37-47(36-45)54-8-4-6-34-56-54/h3-37H,1-2H3. The van der Waals surface area contributed by atoms with Gasteiger partial charge in [0.1, 0.15) is 11.5 Å². The van der Waals surface area contributed by atoms with Gasteiger partial charge in [-0.25, -0.2) is 0 Å². The van der Waals surface area contributed by atoms with Crippen LogP contribution in [0.4, 0.5) is 17.1 Å². The highest BCUT2D eigenvalue weighted by Crippen LogP contribution is 2.38. The van der Waals surface area contributed by atoms with Crippen LogP contribution in [0, 0.1) is 0 Å². The Morgan fingerprint density at radius 2 is 0.593 bits per heavy atom. The normalized spacial score (nSPS) is 10.9. The number of benzene rings is 7. The van der Waals surface area contributed by atoms with Gasteiger partial charge >= 0.3 is 0 Å². The second kappa shape index (κ2) is 16.8. The molecule has 2 aromatic heterocycles. The highest BCUT2D eigenvalue weighted by molar-refractivity contribution is 5.82. The molecule has 0 radical (unpaired) electrons. The summed E-state index contributed by atoms with van der Waals surface area (Å²) in [5.74, 6) is 1.64. The number of aromatic nitrogens is 2. The van der Waals surface area contributed by atoms with Crippen LogP contribution in [0.2, 0.25) is 0 Å². The van der Waals surface area contributed by atoms with Gasteiger partial charge < -0.3 is 14.4 Å². The number of hydrogen-bond acceptors (Lipinski definition) is 5. The Labute approximate surface area is 345 Å². The minimum atomic E-state index is 0.819. The van der Waals surface area contributed by atoms with Crippen molar-refractivity contribution >= 4 is 17.1 Å². The van der Waals surface area contributed by atoms with E-state index < -0.39 is 0 Å². The van der Waals surface area contributed by atoms with Gasteiger partial charge in [0.25, 0.3) is 0 Å². The summed E-state index contributed by atoms with van der Waals surface area (Å²) in [4.78, 5) is 11.5. The molecule has 0 saturated carbocycles. The van der Waals surface area contributed by atoms with Gasteiger partial charge in [-0.15, -0.1) is 0 Å². The lowest BCUT2D eigenvalue weighted by Crippen LogP contribution is -2.09. The Kier molecular flexibility index (Phi) is 10.5. The summed E-state index contributed by atoms with van der Waals surface area (Å²) in [6.45, 7) is 0. The van der Waals surface area contributed by atoms with E-state index >= 15 is 0 Å². The summed E-state index contributed by atoms with van der Waals surface area (Å²) in [6.07, 6.45) is 3.67. The maximum atomic E-state index is 5.42. The maximum absolute atomic E-state index is 5.42. The molecule has 0 aliphatic heterocycles. The van der Waals surface area contributed by atoms with Gasteiger partial charge in [0.2, 0.25) is 0 Å². The Morgan fingerprint density at radius 1 is 0.305 bits per heavy atom. The van der Waals surface area contributed by atoms with Gasteiger partial charge in [-0.3, -0.25) is 9.97 Å². The second-order valence-corrected chi connectivity index (χ2v) is 14.2. The lowest BCUT2D eigenvalue weighted by Gasteiger charge is -2.26. The Morgan fingerprint density at radius 3 is 0.898 bits per heavy atom. The monoisotopic (exact) mass is 763 g/mol. The van der Waals surface area contributed by atoms with Crippen molar-refractivity contribution < 1.29 is 9.47 Å². The van der Waals surface area contributed by atoms with Gasteiger partial charge in [-0.05, 0) is 148 Å². The number of methoxy groups -OCH3 is 2. The number of ether oxygens (including phenoxy) is 2. The average molecular weight is 764 g/mol. The van der Waals surface area contributed by atoms with Gasteiger partial charge in [0.05, 0.1) is 25.6 Å². The minimum Gasteiger partial charge on any atom is -0.497 e. The summed E-state index contributed by atoms with van der Waals surface area (Å²) in [5.41, 5.74) is 16.4. The summed E-state index contributed by atoms with van der Waals surface area (Å²) in [7, 11) is 3.37. The predicted octanol–water partition coefficient (Wildman–Crippen LogP) is 14.0. The fourth-order valence-corrected chi connectivity index (χ4v) is 7.44. The lowest BCUT2D eigenvalue weighted by molar-refractivity contribution is 0.415. The molecule has 0 saturated heterocycles. The fraction of sp³-hybridized carbons (Fsp3) is 0.0370. The van der Waals surface area contributed by atoms with E-state index in [9.17, 15) is 0 Å². The third kappa shape index (κ3) is 8.09. The molecule has 9 aromatic rings. The molecule has 0 unspecified atom stereocenters. The van der Waals surface area contributed by atoms with E-state index in [2.05, 4.69) is 154 Å². The van der Waals surface area contributed by atoms with Crippen LogP contribution in [0.25, 0.3) is 67.0 Å². The highest BCUT2D eigenvalue weighted by Gasteiger charge is 2.14. The number of hydrogen-bond donors (Lipinski definition) is 0. The van der Waals surface area contributed by atoms with Crippen LogP contribution in [0.5, 0.6) is 11.5 Å². The van der Waals surface area contributed by atoms with Crippen molar-refractivity contribution in [3.8, 4) is 78.5 Å². The predicted molar refractivity (Wildman–Crippen MR) is 242 cm³/mol. The molecule has 5 heteroatoms. The van der Waals surface area contributed by atoms with Gasteiger partial charge in [0, 0.05) is 40.6 Å². The molecule has 0 amide bonds. The van der Waals surface area contributed by atoms with Crippen LogP contribution in [0.15, 0.2) is 213 Å². The zero-order chi connectivity index (χ0) is 40.0. The molecule has 7 aromatic carbocycles. The fourth-order valence-electron chi connectivity index (χ4n) is 7.44. The van der Waals surface area contributed by atoms with E-state index in [1.807, 2.05) is 73.1 Å². The smallest absolute Gasteiger partial charge is 0.119 e. The van der Waals surface area contributed by atoms with E-state index in [-0.39, 0.29) is 0 Å². The lowest BCUT2D eigenvalue weighted by atomic mass is 9.94. The summed E-state index contributed by atoms with van der Waals surface area (Å²) in [6, 6.07) is 69.9. The molecule has 5 nitrogen and oxygen atoms in total. The van der Waals surface area contributed by atoms with E-state index in [1.165, 1.54) is 22.3 Å². The molecule has 0 N–H and O–H groups in total. The molecular weight excluding hydrogens is 723 g/mol. The quantitative estimate of drug-likeness (QED) is 0.131. The van der Waals surface area contributed by atoms with E-state index in [4.69, 9.17) is 9.47 Å². The van der Waals surface area contributed by atoms with E-state index in [0.29, 0.717) is 0 Å². The van der Waals surface area contributed by atoms with Crippen molar-refractivity contribution in [3.05, 3.63) is 213 Å². The molecule has 59 heavy (non-hydrogen) atoms. The zero-order valence-electron chi connectivity index (χ0n) is 32.9. The third-order valence-corrected chi connectivity index (χ3v) is 10.6. The maximum Gasteiger partial charge on any atom is 0.119 e. The van der Waals surface area contributed by atoms with Crippen LogP contribution in [0.3, 0.4) is 0 Å². The average Bonchev–Trinajstić information content (AvgIpc) is 3.33. The molecule has 2 heterocycles. The molecule has 0 bridgehead atoms. The second-order valence-electron chi connectivity index (χ2n) is 14.2. The number of anilines is 3. The third-order valence-electron chi connectivity index (χ3n) is 10.6. The first-order chi connectivity index (χ1) is 29.1. The van der Waals surface area contributed by atoms with Crippen LogP contribution >= 0.6 is 0 Å². The van der Waals surface area contributed by atoms with Crippen LogP contribution in [-0.4, -0.2) is 24.2 Å². The van der Waals surface area contributed by atoms with Crippen molar-refractivity contribution in [1.82, 2.24) is 9.97 Å². The summed E-state index contributed by atoms with van der Waals surface area (Å²) in [5, 5.41) is 0. The van der Waals surface area contributed by atoms with Gasteiger partial charge in [0.15, 0.2) is 0 Å². The van der Waals surface area contributed by atoms with Crippen molar-refractivity contribution in [2.75, 3.05) is 19.1 Å². The minimum absolute atomic E-state index is 0.819. The molecule has 9 rings (SSSR count). The first kappa shape index (κ1) is 36.9. The van der Waals surface area contributed by atoms with Crippen LogP contribution in [0.1, 0.15) is 0 Å². The molecule has 284 valence electrons. The SMILES string of the molecule is COc1ccc(N(c2ccc(OC)cc2)c2ccc(-c3ccc(-c4ccc(-c5ccc(-c6cc(-c7ccccn7)cc(-c7ccccn7)c6)cc5)cc4)cc3)cc2)cc1. The van der Waals surface area contributed by atoms with Crippen LogP contribution in [-0.2, 0) is 0 Å². The Balaban J connectivity index is 0.916. The highest BCUT2D eigenvalue weighted by atomic mass is 16.5. The van der Waals surface area contributed by atoms with Crippen molar-refractivity contribution in [2.45, 2.75) is 0 Å². The first-order valence-corrected chi connectivity index (χ1v) is 19.6. The molecule has 0 atom stereocenters. The van der Waals surface area contributed by atoms with Gasteiger partial charge in [-0.2, -0.15) is 0 Å². The number of pyridine rings is 2. The molecule has 0 aliphatic rings. The summed E-state index contributed by atoms with van der Waals surface area (Å²) >= 11 is 0. The zero-order valence-corrected chi connectivity index (χ0v) is 32.9. The topological polar surface area (TPSA) is 47.5 Å². The van der Waals surface area contributed by atoms with Crippen molar-refractivity contribution in [1.29, 1.82) is 0 Å². The molecule has 0 aliphatic carbocycles.